The molecule has 1 fully saturated rings. The Bertz CT molecular complexity index is 1150. The Balaban J connectivity index is 1.47. The fourth-order valence-corrected chi connectivity index (χ4v) is 4.38. The summed E-state index contributed by atoms with van der Waals surface area (Å²) in [6.45, 7) is 7.20. The van der Waals surface area contributed by atoms with Gasteiger partial charge in [0, 0.05) is 30.9 Å². The average Bonchev–Trinajstić information content (AvgIpc) is 3.04. The van der Waals surface area contributed by atoms with Crippen molar-refractivity contribution in [1.29, 1.82) is 0 Å². The second-order valence-electron chi connectivity index (χ2n) is 8.87. The van der Waals surface area contributed by atoms with Gasteiger partial charge < -0.3 is 20.4 Å². The van der Waals surface area contributed by atoms with Crippen molar-refractivity contribution in [1.82, 2.24) is 15.1 Å². The molecule has 4 rings (SSSR count). The summed E-state index contributed by atoms with van der Waals surface area (Å²) < 4.78 is 0. The molecule has 33 heavy (non-hydrogen) atoms. The molecule has 1 aliphatic heterocycles. The highest BCUT2D eigenvalue weighted by Gasteiger charge is 2.19. The first-order valence-corrected chi connectivity index (χ1v) is 11.6. The highest BCUT2D eigenvalue weighted by atomic mass is 16.2. The standard InChI is InChI=1S/C27H32N4O2/c1-19-12-13-22(29-27(33)31-15-7-14-30(3)16-17-31)18-25(19)26(32)28-20(2)23-11-6-9-21-8-4-5-10-24(21)23/h4-6,8-13,18,20H,7,14-17H2,1-3H3,(H,28,32)(H,29,33)/t20-/m1/s1. The van der Waals surface area contributed by atoms with E-state index in [1.54, 1.807) is 6.07 Å². The van der Waals surface area contributed by atoms with E-state index in [1.807, 2.05) is 49.1 Å². The van der Waals surface area contributed by atoms with E-state index in [-0.39, 0.29) is 18.0 Å². The molecule has 0 spiro atoms. The van der Waals surface area contributed by atoms with Crippen molar-refractivity contribution in [2.24, 2.45) is 0 Å². The number of carbonyl (C=O) groups excluding carboxylic acids is 2. The van der Waals surface area contributed by atoms with Crippen LogP contribution in [0.5, 0.6) is 0 Å². The van der Waals surface area contributed by atoms with Gasteiger partial charge in [-0.15, -0.1) is 0 Å². The van der Waals surface area contributed by atoms with E-state index in [2.05, 4.69) is 46.8 Å². The Morgan fingerprint density at radius 1 is 0.939 bits per heavy atom. The summed E-state index contributed by atoms with van der Waals surface area (Å²) in [7, 11) is 2.07. The van der Waals surface area contributed by atoms with Gasteiger partial charge in [0.2, 0.25) is 0 Å². The molecule has 172 valence electrons. The fraction of sp³-hybridized carbons (Fsp3) is 0.333. The zero-order chi connectivity index (χ0) is 23.4. The van der Waals surface area contributed by atoms with Gasteiger partial charge in [-0.05, 0) is 67.9 Å². The van der Waals surface area contributed by atoms with E-state index in [4.69, 9.17) is 0 Å². The van der Waals surface area contributed by atoms with Crippen LogP contribution < -0.4 is 10.6 Å². The van der Waals surface area contributed by atoms with Crippen LogP contribution in [0.15, 0.2) is 60.7 Å². The summed E-state index contributed by atoms with van der Waals surface area (Å²) >= 11 is 0. The van der Waals surface area contributed by atoms with Gasteiger partial charge in [-0.25, -0.2) is 4.79 Å². The van der Waals surface area contributed by atoms with Crippen LogP contribution in [-0.4, -0.2) is 55.0 Å². The van der Waals surface area contributed by atoms with Crippen molar-refractivity contribution in [2.45, 2.75) is 26.3 Å². The number of hydrogen-bond donors (Lipinski definition) is 2. The molecule has 1 aliphatic rings. The number of urea groups is 1. The number of fused-ring (bicyclic) bond motifs is 1. The summed E-state index contributed by atoms with van der Waals surface area (Å²) in [5, 5.41) is 8.39. The number of nitrogens with zero attached hydrogens (tertiary/aromatic N) is 2. The monoisotopic (exact) mass is 444 g/mol. The minimum Gasteiger partial charge on any atom is -0.345 e. The van der Waals surface area contributed by atoms with Gasteiger partial charge in [-0.1, -0.05) is 48.5 Å². The first-order valence-electron chi connectivity index (χ1n) is 11.6. The van der Waals surface area contributed by atoms with E-state index in [0.29, 0.717) is 17.8 Å². The molecule has 0 bridgehead atoms. The van der Waals surface area contributed by atoms with Crippen LogP contribution in [0.2, 0.25) is 0 Å². The molecule has 0 radical (unpaired) electrons. The van der Waals surface area contributed by atoms with Crippen molar-refractivity contribution >= 4 is 28.4 Å². The number of rotatable bonds is 4. The zero-order valence-electron chi connectivity index (χ0n) is 19.6. The molecular weight excluding hydrogens is 412 g/mol. The van der Waals surface area contributed by atoms with E-state index < -0.39 is 0 Å². The molecule has 6 heteroatoms. The van der Waals surface area contributed by atoms with Crippen LogP contribution in [0.3, 0.4) is 0 Å². The Morgan fingerprint density at radius 2 is 1.73 bits per heavy atom. The van der Waals surface area contributed by atoms with Gasteiger partial charge in [-0.3, -0.25) is 4.79 Å². The van der Waals surface area contributed by atoms with Crippen molar-refractivity contribution in [3.8, 4) is 0 Å². The first kappa shape index (κ1) is 22.8. The van der Waals surface area contributed by atoms with Crippen LogP contribution >= 0.6 is 0 Å². The van der Waals surface area contributed by atoms with Gasteiger partial charge in [0.05, 0.1) is 6.04 Å². The maximum atomic E-state index is 13.2. The molecule has 1 atom stereocenters. The highest BCUT2D eigenvalue weighted by Crippen LogP contribution is 2.25. The van der Waals surface area contributed by atoms with E-state index in [0.717, 1.165) is 48.0 Å². The summed E-state index contributed by atoms with van der Waals surface area (Å²) in [5.74, 6) is -0.152. The Labute approximate surface area is 195 Å². The molecule has 0 saturated carbocycles. The number of nitrogens with one attached hydrogen (secondary N) is 2. The number of anilines is 1. The number of benzene rings is 3. The van der Waals surface area contributed by atoms with Gasteiger partial charge in [0.1, 0.15) is 0 Å². The molecular formula is C27H32N4O2. The summed E-state index contributed by atoms with van der Waals surface area (Å²) in [5.41, 5.74) is 3.14. The van der Waals surface area contributed by atoms with E-state index >= 15 is 0 Å². The summed E-state index contributed by atoms with van der Waals surface area (Å²) in [6.07, 6.45) is 0.956. The summed E-state index contributed by atoms with van der Waals surface area (Å²) in [4.78, 5) is 30.0. The van der Waals surface area contributed by atoms with Crippen LogP contribution in [0.25, 0.3) is 10.8 Å². The molecule has 0 unspecified atom stereocenters. The molecule has 0 aliphatic carbocycles. The Kier molecular flexibility index (Phi) is 6.94. The quantitative estimate of drug-likeness (QED) is 0.607. The lowest BCUT2D eigenvalue weighted by atomic mass is 9.99. The van der Waals surface area contributed by atoms with Gasteiger partial charge in [0.25, 0.3) is 5.91 Å². The molecule has 3 aromatic carbocycles. The number of aryl methyl sites for hydroxylation is 1. The number of hydrogen-bond acceptors (Lipinski definition) is 3. The second-order valence-corrected chi connectivity index (χ2v) is 8.87. The maximum Gasteiger partial charge on any atom is 0.321 e. The van der Waals surface area contributed by atoms with Gasteiger partial charge in [-0.2, -0.15) is 0 Å². The van der Waals surface area contributed by atoms with Crippen LogP contribution in [0.1, 0.15) is 40.9 Å². The minimum absolute atomic E-state index is 0.121. The highest BCUT2D eigenvalue weighted by molar-refractivity contribution is 5.98. The van der Waals surface area contributed by atoms with Crippen LogP contribution in [-0.2, 0) is 0 Å². The molecule has 3 amide bonds. The molecule has 2 N–H and O–H groups in total. The van der Waals surface area contributed by atoms with E-state index in [1.165, 1.54) is 0 Å². The Hall–Kier alpha value is -3.38. The third-order valence-corrected chi connectivity index (χ3v) is 6.38. The zero-order valence-corrected chi connectivity index (χ0v) is 19.6. The normalized spacial score (nSPS) is 15.7. The molecule has 6 nitrogen and oxygen atoms in total. The predicted molar refractivity (Wildman–Crippen MR) is 134 cm³/mol. The van der Waals surface area contributed by atoms with Crippen LogP contribution in [0, 0.1) is 6.92 Å². The maximum absolute atomic E-state index is 13.2. The van der Waals surface area contributed by atoms with Gasteiger partial charge in [0.15, 0.2) is 0 Å². The topological polar surface area (TPSA) is 64.7 Å². The molecule has 1 heterocycles. The average molecular weight is 445 g/mol. The largest absolute Gasteiger partial charge is 0.345 e. The third kappa shape index (κ3) is 5.34. The number of likely N-dealkylation sites (N-methyl/N-ethyl adjacent to an activating group) is 1. The van der Waals surface area contributed by atoms with E-state index in [9.17, 15) is 9.59 Å². The summed E-state index contributed by atoms with van der Waals surface area (Å²) in [6, 6.07) is 19.5. The minimum atomic E-state index is -0.157. The predicted octanol–water partition coefficient (Wildman–Crippen LogP) is 4.81. The molecule has 0 aromatic heterocycles. The van der Waals surface area contributed by atoms with Crippen LogP contribution in [0.4, 0.5) is 10.5 Å². The van der Waals surface area contributed by atoms with Crippen molar-refractivity contribution < 1.29 is 9.59 Å². The third-order valence-electron chi connectivity index (χ3n) is 6.38. The van der Waals surface area contributed by atoms with Gasteiger partial charge >= 0.3 is 6.03 Å². The lowest BCUT2D eigenvalue weighted by Gasteiger charge is -2.21. The number of carbonyl (C=O) groups is 2. The smallest absolute Gasteiger partial charge is 0.321 e. The fourth-order valence-electron chi connectivity index (χ4n) is 4.38. The molecule has 1 saturated heterocycles. The van der Waals surface area contributed by atoms with Crippen molar-refractivity contribution in [3.05, 3.63) is 77.4 Å². The second kappa shape index (κ2) is 10.0. The number of amides is 3. The van der Waals surface area contributed by atoms with Crippen molar-refractivity contribution in [3.63, 3.8) is 0 Å². The van der Waals surface area contributed by atoms with Crippen molar-refractivity contribution in [2.75, 3.05) is 38.5 Å². The lowest BCUT2D eigenvalue weighted by molar-refractivity contribution is 0.0939. The molecule has 3 aromatic rings. The Morgan fingerprint density at radius 3 is 2.58 bits per heavy atom. The first-order chi connectivity index (χ1) is 15.9. The SMILES string of the molecule is Cc1ccc(NC(=O)N2CCCN(C)CC2)cc1C(=O)N[C@H](C)c1cccc2ccccc12. The lowest BCUT2D eigenvalue weighted by Crippen LogP contribution is -2.37.